The van der Waals surface area contributed by atoms with Gasteiger partial charge in [-0.3, -0.25) is 9.67 Å². The first-order chi connectivity index (χ1) is 12.1. The van der Waals surface area contributed by atoms with Gasteiger partial charge >= 0.3 is 0 Å². The Labute approximate surface area is 146 Å². The lowest BCUT2D eigenvalue weighted by Crippen LogP contribution is -2.19. The van der Waals surface area contributed by atoms with Gasteiger partial charge in [-0.2, -0.15) is 10.2 Å². The van der Waals surface area contributed by atoms with E-state index in [1.807, 2.05) is 36.3 Å². The second-order valence-corrected chi connectivity index (χ2v) is 6.79. The lowest BCUT2D eigenvalue weighted by Gasteiger charge is -1.98. The van der Waals surface area contributed by atoms with Crippen LogP contribution in [-0.4, -0.2) is 46.9 Å². The molecule has 25 heavy (non-hydrogen) atoms. The highest BCUT2D eigenvalue weighted by Gasteiger charge is 2.20. The number of hydrogen-bond donors (Lipinski definition) is 1. The van der Waals surface area contributed by atoms with E-state index in [-0.39, 0.29) is 0 Å². The average Bonchev–Trinajstić information content (AvgIpc) is 3.18. The molecule has 3 aromatic heterocycles. The van der Waals surface area contributed by atoms with Crippen molar-refractivity contribution in [2.24, 2.45) is 7.05 Å². The Morgan fingerprint density at radius 2 is 1.88 bits per heavy atom. The minimum Gasteiger partial charge on any atom is -0.314 e. The van der Waals surface area contributed by atoms with E-state index >= 15 is 0 Å². The molecule has 3 aromatic rings. The van der Waals surface area contributed by atoms with Crippen molar-refractivity contribution in [3.05, 3.63) is 35.1 Å². The Bertz CT molecular complexity index is 851. The summed E-state index contributed by atoms with van der Waals surface area (Å²) < 4.78 is 3.74. The van der Waals surface area contributed by atoms with Crippen molar-refractivity contribution in [1.29, 1.82) is 0 Å². The number of nitrogens with one attached hydrogen (secondary N) is 1. The highest BCUT2D eigenvalue weighted by molar-refractivity contribution is 5.43. The molecule has 4 rings (SSSR count). The summed E-state index contributed by atoms with van der Waals surface area (Å²) >= 11 is 0. The first-order valence-electron chi connectivity index (χ1n) is 8.90. The van der Waals surface area contributed by atoms with Crippen LogP contribution in [0.5, 0.6) is 0 Å². The van der Waals surface area contributed by atoms with Crippen LogP contribution in [0.15, 0.2) is 6.20 Å². The van der Waals surface area contributed by atoms with Gasteiger partial charge in [0, 0.05) is 45.1 Å². The molecule has 0 bridgehead atoms. The first-order valence-corrected chi connectivity index (χ1v) is 8.90. The summed E-state index contributed by atoms with van der Waals surface area (Å²) in [7, 11) is 1.95. The Hall–Kier alpha value is -2.35. The number of aromatic nitrogens is 7. The average molecular weight is 340 g/mol. The normalized spacial score (nSPS) is 14.5. The van der Waals surface area contributed by atoms with Crippen LogP contribution < -0.4 is 5.32 Å². The third kappa shape index (κ3) is 3.53. The van der Waals surface area contributed by atoms with E-state index in [9.17, 15) is 0 Å². The third-order valence-electron chi connectivity index (χ3n) is 4.58. The fourth-order valence-corrected chi connectivity index (χ4v) is 2.94. The van der Waals surface area contributed by atoms with Crippen molar-refractivity contribution in [2.45, 2.75) is 52.0 Å². The van der Waals surface area contributed by atoms with E-state index in [1.54, 1.807) is 0 Å². The highest BCUT2D eigenvalue weighted by Crippen LogP contribution is 2.18. The zero-order chi connectivity index (χ0) is 17.4. The van der Waals surface area contributed by atoms with Crippen LogP contribution in [0.4, 0.5) is 0 Å². The van der Waals surface area contributed by atoms with Crippen molar-refractivity contribution >= 4 is 5.65 Å². The molecule has 3 heterocycles. The number of aryl methyl sites for hydroxylation is 5. The van der Waals surface area contributed by atoms with E-state index in [4.69, 9.17) is 0 Å². The van der Waals surface area contributed by atoms with Crippen molar-refractivity contribution in [3.63, 3.8) is 0 Å². The molecule has 132 valence electrons. The molecule has 1 fully saturated rings. The molecule has 8 nitrogen and oxygen atoms in total. The molecule has 0 unspecified atom stereocenters. The number of hydrogen-bond acceptors (Lipinski definition) is 6. The van der Waals surface area contributed by atoms with Crippen LogP contribution in [0.25, 0.3) is 5.65 Å². The standard InChI is InChI=1S/C17H24N8/c1-11-10-19-12(2)17-21-14(23-25(11)17)6-7-16-20-15(22-24(16)3)8-9-18-13-4-5-13/h10,13,18H,4-9H2,1-3H3. The van der Waals surface area contributed by atoms with Gasteiger partial charge in [0.1, 0.15) is 5.82 Å². The lowest BCUT2D eigenvalue weighted by molar-refractivity contribution is 0.651. The number of rotatable bonds is 7. The largest absolute Gasteiger partial charge is 0.314 e. The van der Waals surface area contributed by atoms with Gasteiger partial charge in [0.15, 0.2) is 17.3 Å². The monoisotopic (exact) mass is 340 g/mol. The van der Waals surface area contributed by atoms with Crippen LogP contribution in [0.1, 0.15) is 41.7 Å². The summed E-state index contributed by atoms with van der Waals surface area (Å²) in [6.07, 6.45) is 6.84. The zero-order valence-corrected chi connectivity index (χ0v) is 15.0. The Morgan fingerprint density at radius 3 is 2.64 bits per heavy atom. The zero-order valence-electron chi connectivity index (χ0n) is 15.0. The summed E-state index contributed by atoms with van der Waals surface area (Å²) in [6, 6.07) is 0.728. The smallest absolute Gasteiger partial charge is 0.177 e. The van der Waals surface area contributed by atoms with Gasteiger partial charge in [-0.15, -0.1) is 0 Å². The van der Waals surface area contributed by atoms with Gasteiger partial charge in [0.25, 0.3) is 0 Å². The SMILES string of the molecule is Cc1ncc(C)n2nc(CCc3nc(CCNC4CC4)nn3C)nc12. The lowest BCUT2D eigenvalue weighted by atomic mass is 10.3. The third-order valence-corrected chi connectivity index (χ3v) is 4.58. The van der Waals surface area contributed by atoms with Gasteiger partial charge in [-0.05, 0) is 26.7 Å². The van der Waals surface area contributed by atoms with Gasteiger partial charge in [0.2, 0.25) is 0 Å². The first kappa shape index (κ1) is 16.1. The van der Waals surface area contributed by atoms with E-state index in [0.717, 1.165) is 66.4 Å². The van der Waals surface area contributed by atoms with Crippen LogP contribution in [0.3, 0.4) is 0 Å². The van der Waals surface area contributed by atoms with Gasteiger partial charge < -0.3 is 5.32 Å². The molecule has 1 N–H and O–H groups in total. The molecule has 0 aromatic carbocycles. The number of nitrogens with zero attached hydrogens (tertiary/aromatic N) is 7. The molecule has 1 saturated carbocycles. The topological polar surface area (TPSA) is 85.8 Å². The molecule has 0 atom stereocenters. The van der Waals surface area contributed by atoms with Crippen molar-refractivity contribution in [2.75, 3.05) is 6.54 Å². The van der Waals surface area contributed by atoms with E-state index in [0.29, 0.717) is 0 Å². The summed E-state index contributed by atoms with van der Waals surface area (Å²) in [5.41, 5.74) is 2.72. The maximum atomic E-state index is 4.67. The maximum absolute atomic E-state index is 4.67. The van der Waals surface area contributed by atoms with Gasteiger partial charge in [-0.1, -0.05) is 0 Å². The Kier molecular flexibility index (Phi) is 4.20. The quantitative estimate of drug-likeness (QED) is 0.689. The maximum Gasteiger partial charge on any atom is 0.177 e. The molecule has 0 amide bonds. The van der Waals surface area contributed by atoms with Crippen LogP contribution in [-0.2, 0) is 26.3 Å². The molecule has 0 aliphatic heterocycles. The predicted octanol–water partition coefficient (Wildman–Crippen LogP) is 0.949. The Morgan fingerprint density at radius 1 is 1.08 bits per heavy atom. The number of fused-ring (bicyclic) bond motifs is 1. The molecular formula is C17H24N8. The van der Waals surface area contributed by atoms with Crippen molar-refractivity contribution in [3.8, 4) is 0 Å². The second-order valence-electron chi connectivity index (χ2n) is 6.79. The minimum atomic E-state index is 0.728. The van der Waals surface area contributed by atoms with Crippen LogP contribution in [0.2, 0.25) is 0 Å². The van der Waals surface area contributed by atoms with Crippen LogP contribution >= 0.6 is 0 Å². The fraction of sp³-hybridized carbons (Fsp3) is 0.588. The van der Waals surface area contributed by atoms with E-state index < -0.39 is 0 Å². The molecule has 0 saturated heterocycles. The fourth-order valence-electron chi connectivity index (χ4n) is 2.94. The molecule has 0 spiro atoms. The van der Waals surface area contributed by atoms with E-state index in [1.165, 1.54) is 12.8 Å². The summed E-state index contributed by atoms with van der Waals surface area (Å²) in [4.78, 5) is 13.6. The predicted molar refractivity (Wildman–Crippen MR) is 93.4 cm³/mol. The van der Waals surface area contributed by atoms with Crippen molar-refractivity contribution < 1.29 is 0 Å². The second kappa shape index (κ2) is 6.51. The van der Waals surface area contributed by atoms with Gasteiger partial charge in [0.05, 0.1) is 11.4 Å². The molecule has 1 aliphatic rings. The van der Waals surface area contributed by atoms with Crippen LogP contribution in [0, 0.1) is 13.8 Å². The molecule has 0 radical (unpaired) electrons. The Balaban J connectivity index is 1.41. The minimum absolute atomic E-state index is 0.728. The highest BCUT2D eigenvalue weighted by atomic mass is 15.3. The summed E-state index contributed by atoms with van der Waals surface area (Å²) in [5, 5.41) is 12.6. The van der Waals surface area contributed by atoms with Crippen molar-refractivity contribution in [1.82, 2.24) is 39.7 Å². The summed E-state index contributed by atoms with van der Waals surface area (Å²) in [5.74, 6) is 2.70. The van der Waals surface area contributed by atoms with Gasteiger partial charge in [-0.25, -0.2) is 14.5 Å². The molecule has 1 aliphatic carbocycles. The molecular weight excluding hydrogens is 316 g/mol. The van der Waals surface area contributed by atoms with E-state index in [2.05, 4.69) is 30.5 Å². The molecule has 8 heteroatoms. The summed E-state index contributed by atoms with van der Waals surface area (Å²) in [6.45, 7) is 4.90.